The second-order valence-corrected chi connectivity index (χ2v) is 8.56. The molecule has 172 valence electrons. The summed E-state index contributed by atoms with van der Waals surface area (Å²) < 4.78 is 1.85. The summed E-state index contributed by atoms with van der Waals surface area (Å²) in [5.74, 6) is 1.47. The van der Waals surface area contributed by atoms with E-state index in [1.165, 1.54) is 12.8 Å². The summed E-state index contributed by atoms with van der Waals surface area (Å²) in [6, 6.07) is 11.0. The van der Waals surface area contributed by atoms with Gasteiger partial charge in [-0.2, -0.15) is 0 Å². The van der Waals surface area contributed by atoms with Gasteiger partial charge in [-0.25, -0.2) is 9.97 Å². The molecule has 0 aliphatic carbocycles. The van der Waals surface area contributed by atoms with Crippen LogP contribution < -0.4 is 15.5 Å². The van der Waals surface area contributed by atoms with E-state index in [0.29, 0.717) is 30.8 Å². The molecule has 4 rings (SSSR count). The topological polar surface area (TPSA) is 92.2 Å². The first-order valence-corrected chi connectivity index (χ1v) is 11.4. The Bertz CT molecular complexity index is 1060. The minimum Gasteiger partial charge on any atom is -0.357 e. The molecule has 1 saturated heterocycles. The van der Waals surface area contributed by atoms with Gasteiger partial charge in [0, 0.05) is 62.4 Å². The molecular formula is C25H30N6O2. The largest absolute Gasteiger partial charge is 0.357 e. The molecule has 3 heterocycles. The Balaban J connectivity index is 1.26. The highest BCUT2D eigenvalue weighted by Gasteiger charge is 2.16. The summed E-state index contributed by atoms with van der Waals surface area (Å²) in [5.41, 5.74) is 2.04. The molecule has 2 amide bonds. The van der Waals surface area contributed by atoms with E-state index in [1.807, 2.05) is 29.1 Å². The van der Waals surface area contributed by atoms with E-state index in [9.17, 15) is 9.59 Å². The number of rotatable bonds is 8. The van der Waals surface area contributed by atoms with Crippen molar-refractivity contribution >= 4 is 23.3 Å². The molecule has 8 heteroatoms. The smallest absolute Gasteiger partial charge is 0.251 e. The van der Waals surface area contributed by atoms with Crippen LogP contribution in [0.25, 0.3) is 0 Å². The number of carbonyl (C=O) groups excluding carboxylic acids is 2. The van der Waals surface area contributed by atoms with Crippen LogP contribution in [0.1, 0.15) is 42.1 Å². The summed E-state index contributed by atoms with van der Waals surface area (Å²) in [4.78, 5) is 35.7. The van der Waals surface area contributed by atoms with E-state index >= 15 is 0 Å². The molecule has 3 aromatic rings. The minimum absolute atomic E-state index is 0.115. The second kappa shape index (κ2) is 10.8. The van der Waals surface area contributed by atoms with Crippen molar-refractivity contribution in [3.05, 3.63) is 72.4 Å². The van der Waals surface area contributed by atoms with E-state index < -0.39 is 0 Å². The lowest BCUT2D eigenvalue weighted by molar-refractivity contribution is -0.116. The molecular weight excluding hydrogens is 416 g/mol. The number of benzene rings is 1. The number of hydrogen-bond donors (Lipinski definition) is 2. The monoisotopic (exact) mass is 446 g/mol. The molecule has 1 aromatic carbocycles. The molecule has 1 aliphatic heterocycles. The fraction of sp³-hybridized carbons (Fsp3) is 0.360. The standard InChI is InChI=1S/C25H30N6O2/c1-19-7-12-31(13-8-19)23-6-5-20(16-27-23)17-28-25(33)21-3-2-4-22(15-21)29-24(32)9-11-30-14-10-26-18-30/h2-6,10,14-16,18-19H,7-9,11-13,17H2,1H3,(H,28,33)(H,29,32). The predicted molar refractivity (Wildman–Crippen MR) is 128 cm³/mol. The molecule has 8 nitrogen and oxygen atoms in total. The van der Waals surface area contributed by atoms with Crippen molar-refractivity contribution in [2.24, 2.45) is 5.92 Å². The number of amides is 2. The van der Waals surface area contributed by atoms with Gasteiger partial charge in [0.25, 0.3) is 5.91 Å². The van der Waals surface area contributed by atoms with Crippen LogP contribution in [-0.2, 0) is 17.9 Å². The molecule has 0 saturated carbocycles. The zero-order valence-electron chi connectivity index (χ0n) is 18.9. The van der Waals surface area contributed by atoms with Crippen molar-refractivity contribution in [1.29, 1.82) is 0 Å². The fourth-order valence-electron chi connectivity index (χ4n) is 3.84. The summed E-state index contributed by atoms with van der Waals surface area (Å²) in [5, 5.41) is 5.77. The summed E-state index contributed by atoms with van der Waals surface area (Å²) in [6.07, 6.45) is 9.72. The van der Waals surface area contributed by atoms with Gasteiger partial charge in [0.2, 0.25) is 5.91 Å². The maximum Gasteiger partial charge on any atom is 0.251 e. The van der Waals surface area contributed by atoms with E-state index in [4.69, 9.17) is 0 Å². The lowest BCUT2D eigenvalue weighted by atomic mass is 9.99. The van der Waals surface area contributed by atoms with Gasteiger partial charge in [-0.1, -0.05) is 19.1 Å². The Hall–Kier alpha value is -3.68. The number of imidazole rings is 1. The van der Waals surface area contributed by atoms with Crippen molar-refractivity contribution in [2.45, 2.75) is 39.3 Å². The van der Waals surface area contributed by atoms with Gasteiger partial charge in [0.1, 0.15) is 5.82 Å². The Morgan fingerprint density at radius 3 is 2.73 bits per heavy atom. The number of carbonyl (C=O) groups is 2. The van der Waals surface area contributed by atoms with Gasteiger partial charge < -0.3 is 20.1 Å². The van der Waals surface area contributed by atoms with Gasteiger partial charge in [0.05, 0.1) is 6.33 Å². The molecule has 0 atom stereocenters. The maximum atomic E-state index is 12.6. The van der Waals surface area contributed by atoms with E-state index in [2.05, 4.69) is 32.4 Å². The van der Waals surface area contributed by atoms with Crippen LogP contribution in [0.3, 0.4) is 0 Å². The number of pyridine rings is 1. The predicted octanol–water partition coefficient (Wildman–Crippen LogP) is 3.47. The van der Waals surface area contributed by atoms with Crippen LogP contribution in [0.2, 0.25) is 0 Å². The zero-order chi connectivity index (χ0) is 23.0. The van der Waals surface area contributed by atoms with E-state index in [0.717, 1.165) is 30.4 Å². The highest BCUT2D eigenvalue weighted by atomic mass is 16.2. The molecule has 2 N–H and O–H groups in total. The molecule has 2 aromatic heterocycles. The first-order chi connectivity index (χ1) is 16.1. The normalized spacial score (nSPS) is 14.2. The minimum atomic E-state index is -0.196. The summed E-state index contributed by atoms with van der Waals surface area (Å²) >= 11 is 0. The van der Waals surface area contributed by atoms with Gasteiger partial charge in [-0.15, -0.1) is 0 Å². The van der Waals surface area contributed by atoms with Gasteiger partial charge in [-0.3, -0.25) is 9.59 Å². The van der Waals surface area contributed by atoms with E-state index in [1.54, 1.807) is 36.8 Å². The fourth-order valence-corrected chi connectivity index (χ4v) is 3.84. The van der Waals surface area contributed by atoms with Crippen LogP contribution in [0.4, 0.5) is 11.5 Å². The molecule has 0 radical (unpaired) electrons. The Kier molecular flexibility index (Phi) is 7.34. The summed E-state index contributed by atoms with van der Waals surface area (Å²) in [6.45, 7) is 5.32. The van der Waals surface area contributed by atoms with Crippen LogP contribution in [0, 0.1) is 5.92 Å². The molecule has 0 unspecified atom stereocenters. The van der Waals surface area contributed by atoms with Gasteiger partial charge >= 0.3 is 0 Å². The average molecular weight is 447 g/mol. The molecule has 1 fully saturated rings. The van der Waals surface area contributed by atoms with Crippen molar-refractivity contribution in [1.82, 2.24) is 19.9 Å². The lowest BCUT2D eigenvalue weighted by Crippen LogP contribution is -2.33. The Labute approximate surface area is 194 Å². The lowest BCUT2D eigenvalue weighted by Gasteiger charge is -2.31. The average Bonchev–Trinajstić information content (AvgIpc) is 3.36. The molecule has 33 heavy (non-hydrogen) atoms. The number of aryl methyl sites for hydroxylation is 1. The second-order valence-electron chi connectivity index (χ2n) is 8.56. The number of piperidine rings is 1. The van der Waals surface area contributed by atoms with Crippen LogP contribution in [-0.4, -0.2) is 39.4 Å². The van der Waals surface area contributed by atoms with Crippen LogP contribution in [0.15, 0.2) is 61.3 Å². The number of anilines is 2. The summed E-state index contributed by atoms with van der Waals surface area (Å²) in [7, 11) is 0. The van der Waals surface area contributed by atoms with Gasteiger partial charge in [-0.05, 0) is 48.6 Å². The molecule has 0 bridgehead atoms. The number of aromatic nitrogens is 3. The third-order valence-corrected chi connectivity index (χ3v) is 5.93. The first kappa shape index (κ1) is 22.5. The number of nitrogens with one attached hydrogen (secondary N) is 2. The van der Waals surface area contributed by atoms with Crippen molar-refractivity contribution in [3.63, 3.8) is 0 Å². The zero-order valence-corrected chi connectivity index (χ0v) is 18.9. The third-order valence-electron chi connectivity index (χ3n) is 5.93. The number of nitrogens with zero attached hydrogens (tertiary/aromatic N) is 4. The Morgan fingerprint density at radius 1 is 1.15 bits per heavy atom. The number of hydrogen-bond acceptors (Lipinski definition) is 5. The van der Waals surface area contributed by atoms with Gasteiger partial charge in [0.15, 0.2) is 0 Å². The van der Waals surface area contributed by atoms with Crippen molar-refractivity contribution < 1.29 is 9.59 Å². The third kappa shape index (κ3) is 6.41. The SMILES string of the molecule is CC1CCN(c2ccc(CNC(=O)c3cccc(NC(=O)CCn4ccnc4)c3)cn2)CC1. The van der Waals surface area contributed by atoms with E-state index in [-0.39, 0.29) is 11.8 Å². The first-order valence-electron chi connectivity index (χ1n) is 11.4. The Morgan fingerprint density at radius 2 is 2.00 bits per heavy atom. The molecule has 1 aliphatic rings. The highest BCUT2D eigenvalue weighted by molar-refractivity contribution is 5.97. The van der Waals surface area contributed by atoms with Crippen molar-refractivity contribution in [3.8, 4) is 0 Å². The van der Waals surface area contributed by atoms with Crippen LogP contribution in [0.5, 0.6) is 0 Å². The maximum absolute atomic E-state index is 12.6. The molecule has 0 spiro atoms. The highest BCUT2D eigenvalue weighted by Crippen LogP contribution is 2.21. The van der Waals surface area contributed by atoms with Crippen LogP contribution >= 0.6 is 0 Å². The quantitative estimate of drug-likeness (QED) is 0.553. The van der Waals surface area contributed by atoms with Crippen molar-refractivity contribution in [2.75, 3.05) is 23.3 Å².